The van der Waals surface area contributed by atoms with E-state index < -0.39 is 48.6 Å². The number of rotatable bonds is 4. The van der Waals surface area contributed by atoms with Crippen LogP contribution in [0.25, 0.3) is 0 Å². The van der Waals surface area contributed by atoms with Crippen LogP contribution in [0.5, 0.6) is 0 Å². The quantitative estimate of drug-likeness (QED) is 0.546. The first kappa shape index (κ1) is 16.4. The van der Waals surface area contributed by atoms with Gasteiger partial charge in [0.05, 0.1) is 0 Å². The smallest absolute Gasteiger partial charge is 0.303 e. The first-order valence-electron chi connectivity index (χ1n) is 6.07. The van der Waals surface area contributed by atoms with Crippen LogP contribution in [0.2, 0.25) is 0 Å². The highest BCUT2D eigenvalue weighted by Crippen LogP contribution is 2.29. The van der Waals surface area contributed by atoms with Crippen molar-refractivity contribution < 1.29 is 38.4 Å². The number of aliphatic hydroxyl groups excluding tert-OH is 1. The largest absolute Gasteiger partial charge is 0.460 e. The molecule has 0 saturated carbocycles. The third-order valence-electron chi connectivity index (χ3n) is 2.64. The fraction of sp³-hybridized carbons (Fsp3) is 0.750. The van der Waals surface area contributed by atoms with Crippen molar-refractivity contribution in [1.82, 2.24) is 0 Å². The van der Waals surface area contributed by atoms with Crippen molar-refractivity contribution >= 4 is 17.9 Å². The Labute approximate surface area is 115 Å². The topological polar surface area (TPSA) is 108 Å². The molecule has 0 spiro atoms. The molecule has 1 rings (SSSR count). The summed E-state index contributed by atoms with van der Waals surface area (Å²) >= 11 is 0. The van der Waals surface area contributed by atoms with Gasteiger partial charge >= 0.3 is 17.9 Å². The second-order valence-corrected chi connectivity index (χ2v) is 4.45. The van der Waals surface area contributed by atoms with Crippen molar-refractivity contribution in [2.24, 2.45) is 0 Å². The van der Waals surface area contributed by atoms with Crippen molar-refractivity contribution in [2.75, 3.05) is 0 Å². The van der Waals surface area contributed by atoms with Gasteiger partial charge in [-0.25, -0.2) is 0 Å². The fourth-order valence-corrected chi connectivity index (χ4v) is 2.01. The standard InChI is InChI=1S/C12H18O8/c1-5(17-6(2)13)9-10(18-7(3)14)11(12(16)20-9)19-8(4)15/h5,9-12,16H,1-4H3/t5-,9+,10+,11-,12+/m0/s1. The number of hydrogen-bond acceptors (Lipinski definition) is 8. The molecule has 0 amide bonds. The number of carbonyl (C=O) groups excluding carboxylic acids is 3. The molecule has 8 heteroatoms. The van der Waals surface area contributed by atoms with E-state index in [9.17, 15) is 19.5 Å². The molecule has 0 aliphatic carbocycles. The Hall–Kier alpha value is -1.67. The highest BCUT2D eigenvalue weighted by molar-refractivity contribution is 5.68. The number of aliphatic hydroxyl groups is 1. The normalized spacial score (nSPS) is 30.4. The van der Waals surface area contributed by atoms with E-state index >= 15 is 0 Å². The molecule has 0 bridgehead atoms. The van der Waals surface area contributed by atoms with Crippen LogP contribution in [0.4, 0.5) is 0 Å². The molecule has 0 aromatic carbocycles. The fourth-order valence-electron chi connectivity index (χ4n) is 2.01. The first-order chi connectivity index (χ1) is 9.22. The van der Waals surface area contributed by atoms with Gasteiger partial charge in [0.15, 0.2) is 18.5 Å². The molecule has 1 heterocycles. The summed E-state index contributed by atoms with van der Waals surface area (Å²) in [6.07, 6.45) is -5.40. The predicted molar refractivity (Wildman–Crippen MR) is 63.2 cm³/mol. The van der Waals surface area contributed by atoms with Gasteiger partial charge in [0, 0.05) is 20.8 Å². The first-order valence-corrected chi connectivity index (χ1v) is 6.07. The van der Waals surface area contributed by atoms with E-state index in [1.54, 1.807) is 0 Å². The van der Waals surface area contributed by atoms with E-state index in [-0.39, 0.29) is 0 Å². The Morgan fingerprint density at radius 3 is 1.95 bits per heavy atom. The number of esters is 3. The minimum Gasteiger partial charge on any atom is -0.460 e. The highest BCUT2D eigenvalue weighted by Gasteiger charge is 2.51. The van der Waals surface area contributed by atoms with E-state index in [2.05, 4.69) is 0 Å². The second-order valence-electron chi connectivity index (χ2n) is 4.45. The molecule has 0 unspecified atom stereocenters. The number of carbonyl (C=O) groups is 3. The van der Waals surface area contributed by atoms with Crippen molar-refractivity contribution in [3.63, 3.8) is 0 Å². The van der Waals surface area contributed by atoms with Crippen LogP contribution in [0.15, 0.2) is 0 Å². The van der Waals surface area contributed by atoms with Crippen LogP contribution in [0.3, 0.4) is 0 Å². The van der Waals surface area contributed by atoms with Gasteiger partial charge in [-0.1, -0.05) is 0 Å². The van der Waals surface area contributed by atoms with Gasteiger partial charge in [0.2, 0.25) is 0 Å². The van der Waals surface area contributed by atoms with Gasteiger partial charge in [0.1, 0.15) is 12.2 Å². The summed E-state index contributed by atoms with van der Waals surface area (Å²) in [4.78, 5) is 33.1. The molecule has 1 aliphatic rings. The van der Waals surface area contributed by atoms with E-state index in [1.165, 1.54) is 20.8 Å². The molecule has 5 atom stereocenters. The molecule has 1 N–H and O–H groups in total. The van der Waals surface area contributed by atoms with Crippen LogP contribution in [0, 0.1) is 0 Å². The van der Waals surface area contributed by atoms with Gasteiger partial charge in [-0.05, 0) is 6.92 Å². The van der Waals surface area contributed by atoms with Crippen LogP contribution < -0.4 is 0 Å². The van der Waals surface area contributed by atoms with Gasteiger partial charge in [0.25, 0.3) is 0 Å². The summed E-state index contributed by atoms with van der Waals surface area (Å²) < 4.78 is 20.0. The maximum absolute atomic E-state index is 11.1. The molecular weight excluding hydrogens is 272 g/mol. The Morgan fingerprint density at radius 2 is 1.50 bits per heavy atom. The summed E-state index contributed by atoms with van der Waals surface area (Å²) in [6.45, 7) is 5.06. The summed E-state index contributed by atoms with van der Waals surface area (Å²) in [5.41, 5.74) is 0. The van der Waals surface area contributed by atoms with E-state index in [0.29, 0.717) is 0 Å². The maximum atomic E-state index is 11.1. The molecule has 0 aromatic rings. The maximum Gasteiger partial charge on any atom is 0.303 e. The van der Waals surface area contributed by atoms with Crippen molar-refractivity contribution in [3.05, 3.63) is 0 Å². The molecule has 1 saturated heterocycles. The second kappa shape index (κ2) is 6.67. The summed E-state index contributed by atoms with van der Waals surface area (Å²) in [5, 5.41) is 9.74. The van der Waals surface area contributed by atoms with Crippen molar-refractivity contribution in [1.29, 1.82) is 0 Å². The lowest BCUT2D eigenvalue weighted by Crippen LogP contribution is -2.44. The van der Waals surface area contributed by atoms with Gasteiger partial charge in [-0.2, -0.15) is 0 Å². The third-order valence-corrected chi connectivity index (χ3v) is 2.64. The van der Waals surface area contributed by atoms with Gasteiger partial charge in [-0.15, -0.1) is 0 Å². The molecule has 1 fully saturated rings. The lowest BCUT2D eigenvalue weighted by Gasteiger charge is -2.25. The van der Waals surface area contributed by atoms with Crippen molar-refractivity contribution in [2.45, 2.75) is 58.4 Å². The van der Waals surface area contributed by atoms with E-state index in [0.717, 1.165) is 6.92 Å². The van der Waals surface area contributed by atoms with Crippen LogP contribution in [0.1, 0.15) is 27.7 Å². The number of ether oxygens (including phenoxy) is 4. The summed E-state index contributed by atoms with van der Waals surface area (Å²) in [7, 11) is 0. The Balaban J connectivity index is 2.89. The number of hydrogen-bond donors (Lipinski definition) is 1. The minimum absolute atomic E-state index is 0.548. The zero-order valence-corrected chi connectivity index (χ0v) is 11.7. The molecule has 114 valence electrons. The molecular formula is C12H18O8. The van der Waals surface area contributed by atoms with Crippen LogP contribution >= 0.6 is 0 Å². The molecule has 0 radical (unpaired) electrons. The molecule has 1 aliphatic heterocycles. The predicted octanol–water partition coefficient (Wildman–Crippen LogP) is -0.481. The molecule has 20 heavy (non-hydrogen) atoms. The van der Waals surface area contributed by atoms with Crippen LogP contribution in [-0.4, -0.2) is 53.7 Å². The lowest BCUT2D eigenvalue weighted by atomic mass is 10.1. The van der Waals surface area contributed by atoms with Crippen molar-refractivity contribution in [3.8, 4) is 0 Å². The zero-order valence-electron chi connectivity index (χ0n) is 11.7. The third kappa shape index (κ3) is 4.17. The van der Waals surface area contributed by atoms with Gasteiger partial charge < -0.3 is 24.1 Å². The van der Waals surface area contributed by atoms with Gasteiger partial charge in [-0.3, -0.25) is 14.4 Å². The average Bonchev–Trinajstić information content (AvgIpc) is 2.55. The van der Waals surface area contributed by atoms with Crippen LogP contribution in [-0.2, 0) is 33.3 Å². The van der Waals surface area contributed by atoms with E-state index in [1.807, 2.05) is 0 Å². The Kier molecular flexibility index (Phi) is 5.46. The monoisotopic (exact) mass is 290 g/mol. The Bertz CT molecular complexity index is 393. The SMILES string of the molecule is CC(=O)O[C@@H]1[C@@H]([C@H](C)OC(C)=O)O[C@@H](O)[C@H]1OC(C)=O. The molecule has 0 aromatic heterocycles. The van der Waals surface area contributed by atoms with E-state index in [4.69, 9.17) is 18.9 Å². The Morgan fingerprint density at radius 1 is 1.00 bits per heavy atom. The summed E-state index contributed by atoms with van der Waals surface area (Å²) in [5.74, 6) is -1.84. The average molecular weight is 290 g/mol. The zero-order chi connectivity index (χ0) is 15.4. The summed E-state index contributed by atoms with van der Waals surface area (Å²) in [6, 6.07) is 0. The minimum atomic E-state index is -1.47. The lowest BCUT2D eigenvalue weighted by molar-refractivity contribution is -0.176. The molecule has 8 nitrogen and oxygen atoms in total. The highest BCUT2D eigenvalue weighted by atomic mass is 16.7.